The Hall–Kier alpha value is -1.37. The van der Waals surface area contributed by atoms with Gasteiger partial charge in [-0.25, -0.2) is 0 Å². The summed E-state index contributed by atoms with van der Waals surface area (Å²) in [5, 5.41) is 12.2. The van der Waals surface area contributed by atoms with Crippen LogP contribution in [0.1, 0.15) is 12.7 Å². The first-order valence-electron chi connectivity index (χ1n) is 7.05. The number of piperazine rings is 1. The van der Waals surface area contributed by atoms with Crippen LogP contribution in [0.4, 0.5) is 0 Å². The highest BCUT2D eigenvalue weighted by molar-refractivity contribution is 5.77. The highest BCUT2D eigenvalue weighted by atomic mass is 16.3. The monoisotopic (exact) mass is 281 g/mol. The predicted molar refractivity (Wildman–Crippen MR) is 75.1 cm³/mol. The summed E-state index contributed by atoms with van der Waals surface area (Å²) in [4.78, 5) is 16.2. The Balaban J connectivity index is 1.63. The van der Waals surface area contributed by atoms with Gasteiger partial charge >= 0.3 is 0 Å². The third-order valence-corrected chi connectivity index (χ3v) is 3.39. The maximum absolute atomic E-state index is 11.8. The molecule has 2 heterocycles. The molecule has 1 aliphatic rings. The van der Waals surface area contributed by atoms with E-state index in [-0.39, 0.29) is 12.0 Å². The van der Waals surface area contributed by atoms with Gasteiger partial charge in [0.2, 0.25) is 5.91 Å². The minimum atomic E-state index is -0.293. The largest absolute Gasteiger partial charge is 0.467 e. The molecule has 1 fully saturated rings. The highest BCUT2D eigenvalue weighted by Gasteiger charge is 2.19. The molecule has 0 radical (unpaired) electrons. The number of nitrogens with zero attached hydrogens (tertiary/aromatic N) is 2. The second-order valence-corrected chi connectivity index (χ2v) is 5.28. The molecule has 6 nitrogen and oxygen atoms in total. The number of carbonyl (C=O) groups excluding carboxylic acids is 1. The number of aliphatic hydroxyl groups excluding tert-OH is 1. The average Bonchev–Trinajstić information content (AvgIpc) is 2.91. The van der Waals surface area contributed by atoms with Crippen molar-refractivity contribution in [1.29, 1.82) is 0 Å². The Morgan fingerprint density at radius 3 is 2.70 bits per heavy atom. The Labute approximate surface area is 119 Å². The van der Waals surface area contributed by atoms with Crippen molar-refractivity contribution >= 4 is 5.91 Å². The fourth-order valence-corrected chi connectivity index (χ4v) is 2.36. The Kier molecular flexibility index (Phi) is 5.58. The van der Waals surface area contributed by atoms with Crippen LogP contribution in [0.2, 0.25) is 0 Å². The van der Waals surface area contributed by atoms with Crippen molar-refractivity contribution in [2.75, 3.05) is 39.3 Å². The van der Waals surface area contributed by atoms with Gasteiger partial charge in [0.25, 0.3) is 0 Å². The Morgan fingerprint density at radius 1 is 1.40 bits per heavy atom. The quantitative estimate of drug-likeness (QED) is 0.762. The van der Waals surface area contributed by atoms with Crippen molar-refractivity contribution in [2.45, 2.75) is 19.6 Å². The van der Waals surface area contributed by atoms with Gasteiger partial charge in [-0.1, -0.05) is 0 Å². The Morgan fingerprint density at radius 2 is 2.10 bits per heavy atom. The van der Waals surface area contributed by atoms with E-state index in [1.165, 1.54) is 0 Å². The van der Waals surface area contributed by atoms with Crippen molar-refractivity contribution in [3.8, 4) is 0 Å². The van der Waals surface area contributed by atoms with E-state index in [0.717, 1.165) is 31.9 Å². The van der Waals surface area contributed by atoms with E-state index in [0.29, 0.717) is 19.6 Å². The van der Waals surface area contributed by atoms with E-state index in [2.05, 4.69) is 15.1 Å². The SMILES string of the molecule is C[C@@H](O)CN1CCN(CC(=O)NCc2ccco2)CC1. The van der Waals surface area contributed by atoms with E-state index < -0.39 is 0 Å². The zero-order valence-electron chi connectivity index (χ0n) is 11.9. The third kappa shape index (κ3) is 4.96. The van der Waals surface area contributed by atoms with Crippen LogP contribution in [0, 0.1) is 0 Å². The summed E-state index contributed by atoms with van der Waals surface area (Å²) in [7, 11) is 0. The van der Waals surface area contributed by atoms with E-state index >= 15 is 0 Å². The summed E-state index contributed by atoms with van der Waals surface area (Å²) >= 11 is 0. The lowest BCUT2D eigenvalue weighted by Crippen LogP contribution is -2.50. The summed E-state index contributed by atoms with van der Waals surface area (Å²) in [6.45, 7) is 6.89. The third-order valence-electron chi connectivity index (χ3n) is 3.39. The smallest absolute Gasteiger partial charge is 0.234 e. The number of carbonyl (C=O) groups is 1. The molecule has 1 aromatic rings. The lowest BCUT2D eigenvalue weighted by atomic mass is 10.2. The van der Waals surface area contributed by atoms with E-state index in [9.17, 15) is 9.90 Å². The van der Waals surface area contributed by atoms with Gasteiger partial charge in [0, 0.05) is 32.7 Å². The minimum Gasteiger partial charge on any atom is -0.467 e. The number of nitrogens with one attached hydrogen (secondary N) is 1. The molecule has 2 N–H and O–H groups in total. The van der Waals surface area contributed by atoms with Gasteiger partial charge in [-0.15, -0.1) is 0 Å². The average molecular weight is 281 g/mol. The fraction of sp³-hybridized carbons (Fsp3) is 0.643. The number of aliphatic hydroxyl groups is 1. The van der Waals surface area contributed by atoms with Crippen LogP contribution in [0.3, 0.4) is 0 Å². The van der Waals surface area contributed by atoms with Crippen LogP contribution >= 0.6 is 0 Å². The van der Waals surface area contributed by atoms with Gasteiger partial charge in [0.1, 0.15) is 5.76 Å². The van der Waals surface area contributed by atoms with Gasteiger partial charge in [-0.2, -0.15) is 0 Å². The number of β-amino-alcohol motifs (C(OH)–C–C–N with tert-alkyl or cyclic N) is 1. The van der Waals surface area contributed by atoms with Gasteiger partial charge in [0.05, 0.1) is 25.5 Å². The molecule has 1 aliphatic heterocycles. The molecule has 6 heteroatoms. The number of furan rings is 1. The molecular weight excluding hydrogens is 258 g/mol. The Bertz CT molecular complexity index is 398. The molecule has 0 saturated carbocycles. The lowest BCUT2D eigenvalue weighted by Gasteiger charge is -2.34. The summed E-state index contributed by atoms with van der Waals surface area (Å²) in [6, 6.07) is 3.65. The van der Waals surface area contributed by atoms with Crippen molar-refractivity contribution < 1.29 is 14.3 Å². The van der Waals surface area contributed by atoms with Crippen molar-refractivity contribution in [2.24, 2.45) is 0 Å². The molecule has 0 bridgehead atoms. The second kappa shape index (κ2) is 7.42. The molecule has 2 rings (SSSR count). The first-order valence-corrected chi connectivity index (χ1v) is 7.05. The number of rotatable bonds is 6. The number of hydrogen-bond donors (Lipinski definition) is 2. The molecule has 1 saturated heterocycles. The van der Waals surface area contributed by atoms with Crippen LogP contribution in [0.25, 0.3) is 0 Å². The van der Waals surface area contributed by atoms with Gasteiger partial charge in [-0.3, -0.25) is 14.6 Å². The van der Waals surface area contributed by atoms with E-state index in [4.69, 9.17) is 4.42 Å². The van der Waals surface area contributed by atoms with Crippen molar-refractivity contribution in [3.05, 3.63) is 24.2 Å². The number of hydrogen-bond acceptors (Lipinski definition) is 5. The first kappa shape index (κ1) is 15.0. The first-order chi connectivity index (χ1) is 9.63. The lowest BCUT2D eigenvalue weighted by molar-refractivity contribution is -0.123. The molecule has 1 amide bonds. The zero-order valence-corrected chi connectivity index (χ0v) is 11.9. The fourth-order valence-electron chi connectivity index (χ4n) is 2.36. The molecule has 0 aromatic carbocycles. The topological polar surface area (TPSA) is 69.0 Å². The molecule has 1 aromatic heterocycles. The summed E-state index contributed by atoms with van der Waals surface area (Å²) in [5.41, 5.74) is 0. The molecule has 20 heavy (non-hydrogen) atoms. The maximum Gasteiger partial charge on any atom is 0.234 e. The van der Waals surface area contributed by atoms with Crippen molar-refractivity contribution in [3.63, 3.8) is 0 Å². The summed E-state index contributed by atoms with van der Waals surface area (Å²) in [6.07, 6.45) is 1.31. The molecule has 1 atom stereocenters. The van der Waals surface area contributed by atoms with Crippen LogP contribution in [-0.4, -0.2) is 66.2 Å². The van der Waals surface area contributed by atoms with Crippen LogP contribution < -0.4 is 5.32 Å². The predicted octanol–water partition coefficient (Wildman–Crippen LogP) is -0.106. The van der Waals surface area contributed by atoms with Gasteiger partial charge in [-0.05, 0) is 19.1 Å². The molecule has 0 unspecified atom stereocenters. The minimum absolute atomic E-state index is 0.0189. The molecular formula is C14H23N3O3. The standard InChI is InChI=1S/C14H23N3O3/c1-12(18)10-16-4-6-17(7-5-16)11-14(19)15-9-13-3-2-8-20-13/h2-3,8,12,18H,4-7,9-11H2,1H3,(H,15,19)/t12-/m1/s1. The summed E-state index contributed by atoms with van der Waals surface area (Å²) < 4.78 is 5.17. The normalized spacial score (nSPS) is 18.9. The molecule has 0 aliphatic carbocycles. The zero-order chi connectivity index (χ0) is 14.4. The highest BCUT2D eigenvalue weighted by Crippen LogP contribution is 2.03. The summed E-state index contributed by atoms with van der Waals surface area (Å²) in [5.74, 6) is 0.783. The molecule has 112 valence electrons. The number of amides is 1. The van der Waals surface area contributed by atoms with E-state index in [1.807, 2.05) is 12.1 Å². The van der Waals surface area contributed by atoms with Gasteiger partial charge < -0.3 is 14.8 Å². The van der Waals surface area contributed by atoms with E-state index in [1.54, 1.807) is 13.2 Å². The molecule has 0 spiro atoms. The van der Waals surface area contributed by atoms with Crippen molar-refractivity contribution in [1.82, 2.24) is 15.1 Å². The second-order valence-electron chi connectivity index (χ2n) is 5.28. The van der Waals surface area contributed by atoms with Gasteiger partial charge in [0.15, 0.2) is 0 Å². The van der Waals surface area contributed by atoms with Crippen LogP contribution in [-0.2, 0) is 11.3 Å². The van der Waals surface area contributed by atoms with Crippen LogP contribution in [0.5, 0.6) is 0 Å². The maximum atomic E-state index is 11.8. The van der Waals surface area contributed by atoms with Crippen LogP contribution in [0.15, 0.2) is 22.8 Å².